The van der Waals surface area contributed by atoms with Crippen LogP contribution in [0.15, 0.2) is 10.9 Å². The quantitative estimate of drug-likeness (QED) is 0.665. The third-order valence-electron chi connectivity index (χ3n) is 5.58. The van der Waals surface area contributed by atoms with Gasteiger partial charge in [0, 0.05) is 23.4 Å². The van der Waals surface area contributed by atoms with Crippen molar-refractivity contribution < 1.29 is 9.59 Å². The number of anilines is 1. The summed E-state index contributed by atoms with van der Waals surface area (Å²) in [6.07, 6.45) is 2.79. The van der Waals surface area contributed by atoms with Gasteiger partial charge in [-0.15, -0.1) is 0 Å². The Kier molecular flexibility index (Phi) is 5.83. The fourth-order valence-corrected chi connectivity index (χ4v) is 4.36. The van der Waals surface area contributed by atoms with Crippen molar-refractivity contribution in [1.29, 1.82) is 0 Å². The molecule has 9 heteroatoms. The van der Waals surface area contributed by atoms with Gasteiger partial charge in [-0.2, -0.15) is 9.78 Å². The van der Waals surface area contributed by atoms with Crippen molar-refractivity contribution in [3.63, 3.8) is 0 Å². The number of rotatable bonds is 3. The number of aromatic nitrogens is 4. The van der Waals surface area contributed by atoms with Crippen LogP contribution >= 0.6 is 0 Å². The smallest absolute Gasteiger partial charge is 0.314 e. The maximum atomic E-state index is 12.6. The summed E-state index contributed by atoms with van der Waals surface area (Å²) in [4.78, 5) is 44.2. The Hall–Kier alpha value is -2.97. The summed E-state index contributed by atoms with van der Waals surface area (Å²) < 4.78 is 1.32. The average molecular weight is 415 g/mol. The van der Waals surface area contributed by atoms with Crippen molar-refractivity contribution in [2.75, 3.05) is 5.32 Å². The number of nitrogens with one attached hydrogen (secondary N) is 3. The normalized spacial score (nSPS) is 20.6. The van der Waals surface area contributed by atoms with Crippen LogP contribution in [0.5, 0.6) is 0 Å². The molecule has 0 unspecified atom stereocenters. The van der Waals surface area contributed by atoms with E-state index >= 15 is 0 Å². The molecule has 0 aliphatic heterocycles. The van der Waals surface area contributed by atoms with Gasteiger partial charge < -0.3 is 10.6 Å². The van der Waals surface area contributed by atoms with Crippen molar-refractivity contribution in [1.82, 2.24) is 25.1 Å². The molecule has 2 amide bonds. The highest BCUT2D eigenvalue weighted by molar-refractivity contribution is 6.39. The van der Waals surface area contributed by atoms with Crippen LogP contribution in [0.4, 0.5) is 5.82 Å². The first-order valence-corrected chi connectivity index (χ1v) is 10.2. The number of H-pyrrole nitrogens is 1. The second-order valence-corrected chi connectivity index (χ2v) is 9.22. The first-order chi connectivity index (χ1) is 13.9. The van der Waals surface area contributed by atoms with Crippen molar-refractivity contribution in [2.24, 2.45) is 11.3 Å². The summed E-state index contributed by atoms with van der Waals surface area (Å²) in [6.45, 7) is 11.7. The minimum Gasteiger partial charge on any atom is -0.345 e. The lowest BCUT2D eigenvalue weighted by molar-refractivity contribution is -0.137. The molecule has 9 nitrogen and oxygen atoms in total. The number of carbonyl (C=O) groups is 2. The van der Waals surface area contributed by atoms with Crippen LogP contribution in [0.25, 0.3) is 5.95 Å². The number of carbonyl (C=O) groups excluding carboxylic acids is 2. The number of amides is 2. The van der Waals surface area contributed by atoms with Gasteiger partial charge in [0.25, 0.3) is 5.56 Å². The molecule has 1 saturated carbocycles. The van der Waals surface area contributed by atoms with Gasteiger partial charge in [0.15, 0.2) is 0 Å². The summed E-state index contributed by atoms with van der Waals surface area (Å²) in [5.41, 5.74) is 1.52. The van der Waals surface area contributed by atoms with Crippen molar-refractivity contribution in [3.05, 3.63) is 33.4 Å². The minimum absolute atomic E-state index is 0.0357. The summed E-state index contributed by atoms with van der Waals surface area (Å²) in [5.74, 6) is -0.541. The molecule has 0 saturated heterocycles. The van der Waals surface area contributed by atoms with Crippen LogP contribution in [-0.4, -0.2) is 37.6 Å². The van der Waals surface area contributed by atoms with E-state index in [0.29, 0.717) is 22.9 Å². The van der Waals surface area contributed by atoms with E-state index in [1.807, 2.05) is 0 Å². The van der Waals surface area contributed by atoms with Gasteiger partial charge in [0.1, 0.15) is 5.82 Å². The number of aromatic amines is 1. The van der Waals surface area contributed by atoms with Crippen LogP contribution in [0.2, 0.25) is 0 Å². The zero-order valence-corrected chi connectivity index (χ0v) is 18.4. The van der Waals surface area contributed by atoms with Gasteiger partial charge >= 0.3 is 11.8 Å². The Morgan fingerprint density at radius 1 is 1.20 bits per heavy atom. The lowest BCUT2D eigenvalue weighted by Crippen LogP contribution is -2.46. The van der Waals surface area contributed by atoms with E-state index in [2.05, 4.69) is 46.5 Å². The van der Waals surface area contributed by atoms with E-state index in [-0.39, 0.29) is 28.8 Å². The van der Waals surface area contributed by atoms with Gasteiger partial charge in [-0.25, -0.2) is 4.98 Å². The summed E-state index contributed by atoms with van der Waals surface area (Å²) >= 11 is 0. The zero-order valence-electron chi connectivity index (χ0n) is 18.4. The third kappa shape index (κ3) is 4.77. The molecule has 162 valence electrons. The number of hydrogen-bond acceptors (Lipinski definition) is 5. The average Bonchev–Trinajstić information content (AvgIpc) is 2.97. The minimum atomic E-state index is -0.779. The fraction of sp³-hybridized carbons (Fsp3) is 0.571. The van der Waals surface area contributed by atoms with E-state index in [1.54, 1.807) is 26.8 Å². The van der Waals surface area contributed by atoms with Crippen LogP contribution in [0.1, 0.15) is 57.0 Å². The molecular weight excluding hydrogens is 384 g/mol. The molecule has 0 bridgehead atoms. The van der Waals surface area contributed by atoms with E-state index in [1.165, 1.54) is 4.68 Å². The Morgan fingerprint density at radius 2 is 1.90 bits per heavy atom. The molecule has 3 N–H and O–H groups in total. The Balaban J connectivity index is 1.76. The van der Waals surface area contributed by atoms with Crippen LogP contribution < -0.4 is 16.2 Å². The molecule has 1 aliphatic carbocycles. The van der Waals surface area contributed by atoms with Crippen LogP contribution in [0.3, 0.4) is 0 Å². The highest BCUT2D eigenvalue weighted by atomic mass is 16.2. The van der Waals surface area contributed by atoms with Crippen molar-refractivity contribution in [2.45, 2.75) is 66.8 Å². The van der Waals surface area contributed by atoms with Gasteiger partial charge in [0.05, 0.1) is 5.69 Å². The molecular formula is C21H30N6O3. The van der Waals surface area contributed by atoms with Crippen molar-refractivity contribution >= 4 is 17.6 Å². The van der Waals surface area contributed by atoms with Gasteiger partial charge in [-0.3, -0.25) is 19.4 Å². The Morgan fingerprint density at radius 3 is 2.53 bits per heavy atom. The van der Waals surface area contributed by atoms with Crippen molar-refractivity contribution in [3.8, 4) is 5.95 Å². The molecule has 30 heavy (non-hydrogen) atoms. The first-order valence-electron chi connectivity index (χ1n) is 10.2. The first kappa shape index (κ1) is 21.7. The molecule has 1 fully saturated rings. The molecule has 0 spiro atoms. The van der Waals surface area contributed by atoms with Gasteiger partial charge in [0.2, 0.25) is 5.95 Å². The molecule has 2 atom stereocenters. The topological polar surface area (TPSA) is 122 Å². The lowest BCUT2D eigenvalue weighted by Gasteiger charge is -2.39. The monoisotopic (exact) mass is 414 g/mol. The zero-order chi connectivity index (χ0) is 22.2. The standard InChI is InChI=1S/C21H30N6O3/c1-11-7-15(10-21(5,6)9-11)23-18(29)19(30)24-16-8-12(2)26-27(16)20-22-14(4)13(3)17(28)25-20/h8,11,15H,7,9-10H2,1-6H3,(H,23,29)(H,24,30)(H,22,25,28)/t11-,15-/m1/s1. The fourth-order valence-electron chi connectivity index (χ4n) is 4.36. The summed E-state index contributed by atoms with van der Waals surface area (Å²) in [5, 5.41) is 9.74. The molecule has 0 aromatic carbocycles. The molecule has 1 aliphatic rings. The summed E-state index contributed by atoms with van der Waals surface area (Å²) in [7, 11) is 0. The highest BCUT2D eigenvalue weighted by Gasteiger charge is 2.33. The largest absolute Gasteiger partial charge is 0.345 e. The van der Waals surface area contributed by atoms with Crippen LogP contribution in [-0.2, 0) is 9.59 Å². The SMILES string of the molecule is Cc1cc(NC(=O)C(=O)N[C@@H]2C[C@@H](C)CC(C)(C)C2)n(-c2nc(C)c(C)c(=O)[nH]2)n1. The van der Waals surface area contributed by atoms with E-state index in [9.17, 15) is 14.4 Å². The molecule has 0 radical (unpaired) electrons. The maximum absolute atomic E-state index is 12.6. The maximum Gasteiger partial charge on any atom is 0.314 e. The number of nitrogens with zero attached hydrogens (tertiary/aromatic N) is 3. The molecule has 2 heterocycles. The highest BCUT2D eigenvalue weighted by Crippen LogP contribution is 2.38. The Labute approximate surface area is 175 Å². The van der Waals surface area contributed by atoms with Gasteiger partial charge in [-0.1, -0.05) is 20.8 Å². The summed E-state index contributed by atoms with van der Waals surface area (Å²) in [6, 6.07) is 1.58. The number of hydrogen-bond donors (Lipinski definition) is 3. The van der Waals surface area contributed by atoms with Crippen LogP contribution in [0, 0.1) is 32.1 Å². The third-order valence-corrected chi connectivity index (χ3v) is 5.58. The molecule has 3 rings (SSSR count). The number of aryl methyl sites for hydroxylation is 2. The second kappa shape index (κ2) is 8.04. The lowest BCUT2D eigenvalue weighted by atomic mass is 9.70. The second-order valence-electron chi connectivity index (χ2n) is 9.22. The predicted octanol–water partition coefficient (Wildman–Crippen LogP) is 2.15. The predicted molar refractivity (Wildman–Crippen MR) is 114 cm³/mol. The van der Waals surface area contributed by atoms with E-state index < -0.39 is 11.8 Å². The van der Waals surface area contributed by atoms with Gasteiger partial charge in [-0.05, 0) is 51.4 Å². The van der Waals surface area contributed by atoms with E-state index in [0.717, 1.165) is 19.3 Å². The molecule has 2 aromatic rings. The molecule has 2 aromatic heterocycles. The Bertz CT molecular complexity index is 1040. The van der Waals surface area contributed by atoms with E-state index in [4.69, 9.17) is 0 Å².